The molecule has 0 N–H and O–H groups in total. The first kappa shape index (κ1) is 16.2. The third-order valence-corrected chi connectivity index (χ3v) is 2.73. The van der Waals surface area contributed by atoms with Crippen molar-refractivity contribution < 1.29 is 35.3 Å². The summed E-state index contributed by atoms with van der Waals surface area (Å²) in [6, 6.07) is 0. The fourth-order valence-electron chi connectivity index (χ4n) is 0.942. The summed E-state index contributed by atoms with van der Waals surface area (Å²) >= 11 is 0. The van der Waals surface area contributed by atoms with Crippen LogP contribution in [0, 0.1) is 5.92 Å². The van der Waals surface area contributed by atoms with Crippen LogP contribution in [0.5, 0.6) is 0 Å². The lowest BCUT2D eigenvalue weighted by Gasteiger charge is -2.17. The van der Waals surface area contributed by atoms with Crippen LogP contribution in [0.4, 0.5) is 13.2 Å². The lowest BCUT2D eigenvalue weighted by Crippen LogP contribution is -2.35. The molecular formula is C8H13F3O5S. The van der Waals surface area contributed by atoms with Crippen molar-refractivity contribution >= 4 is 16.1 Å². The van der Waals surface area contributed by atoms with E-state index in [0.29, 0.717) is 0 Å². The van der Waals surface area contributed by atoms with Crippen molar-refractivity contribution in [3.8, 4) is 0 Å². The van der Waals surface area contributed by atoms with Gasteiger partial charge in [-0.3, -0.25) is 0 Å². The highest BCUT2D eigenvalue weighted by molar-refractivity contribution is 7.87. The summed E-state index contributed by atoms with van der Waals surface area (Å²) in [6.07, 6.45) is -1.98. The maximum absolute atomic E-state index is 12.0. The van der Waals surface area contributed by atoms with Gasteiger partial charge in [-0.25, -0.2) is 8.98 Å². The standard InChI is InChI=1S/C8H13F3O5S/c1-5(2)4-6(7(12)15-3)16-17(13,14)8(9,10)11/h5-6H,4H2,1-3H3/t6-/m0/s1. The number of rotatable bonds is 5. The molecule has 5 nitrogen and oxygen atoms in total. The van der Waals surface area contributed by atoms with Crippen molar-refractivity contribution in [1.82, 2.24) is 0 Å². The first-order chi connectivity index (χ1) is 7.51. The monoisotopic (exact) mass is 278 g/mol. The van der Waals surface area contributed by atoms with E-state index in [-0.39, 0.29) is 12.3 Å². The highest BCUT2D eigenvalue weighted by Gasteiger charge is 2.49. The van der Waals surface area contributed by atoms with E-state index in [1.54, 1.807) is 13.8 Å². The molecule has 0 saturated heterocycles. The van der Waals surface area contributed by atoms with Gasteiger partial charge in [0.25, 0.3) is 0 Å². The predicted octanol–water partition coefficient (Wildman–Crippen LogP) is 1.44. The summed E-state index contributed by atoms with van der Waals surface area (Å²) in [5, 5.41) is 0. The second kappa shape index (κ2) is 5.67. The zero-order valence-corrected chi connectivity index (χ0v) is 10.3. The molecule has 0 heterocycles. The first-order valence-corrected chi connectivity index (χ1v) is 5.99. The molecule has 0 aromatic heterocycles. The maximum Gasteiger partial charge on any atom is 0.523 e. The Balaban J connectivity index is 4.94. The molecule has 1 atom stereocenters. The molecule has 0 fully saturated rings. The maximum atomic E-state index is 12.0. The molecule has 9 heteroatoms. The summed E-state index contributed by atoms with van der Waals surface area (Å²) in [4.78, 5) is 11.1. The number of carbonyl (C=O) groups excluding carboxylic acids is 1. The second-order valence-electron chi connectivity index (χ2n) is 3.64. The van der Waals surface area contributed by atoms with Crippen LogP contribution in [0.15, 0.2) is 0 Å². The summed E-state index contributed by atoms with van der Waals surface area (Å²) < 4.78 is 65.5. The Morgan fingerprint density at radius 3 is 2.06 bits per heavy atom. The van der Waals surface area contributed by atoms with Gasteiger partial charge < -0.3 is 4.74 Å². The van der Waals surface area contributed by atoms with E-state index in [4.69, 9.17) is 0 Å². The van der Waals surface area contributed by atoms with Crippen molar-refractivity contribution in [3.63, 3.8) is 0 Å². The minimum absolute atomic E-state index is 0.192. The molecule has 0 aliphatic carbocycles. The van der Waals surface area contributed by atoms with Gasteiger partial charge in [0.15, 0.2) is 6.10 Å². The van der Waals surface area contributed by atoms with Gasteiger partial charge in [-0.1, -0.05) is 13.8 Å². The number of hydrogen-bond donors (Lipinski definition) is 0. The average Bonchev–Trinajstić information content (AvgIpc) is 2.12. The van der Waals surface area contributed by atoms with Gasteiger partial charge in [0.05, 0.1) is 7.11 Å². The number of carbonyl (C=O) groups is 1. The summed E-state index contributed by atoms with van der Waals surface area (Å²) in [5.74, 6) is -1.39. The van der Waals surface area contributed by atoms with Crippen LogP contribution >= 0.6 is 0 Å². The van der Waals surface area contributed by atoms with Gasteiger partial charge in [-0.15, -0.1) is 0 Å². The molecule has 0 radical (unpaired) electrons. The SMILES string of the molecule is COC(=O)[C@H](CC(C)C)OS(=O)(=O)C(F)(F)F. The van der Waals surface area contributed by atoms with Gasteiger partial charge in [0, 0.05) is 0 Å². The van der Waals surface area contributed by atoms with Gasteiger partial charge in [0.1, 0.15) is 0 Å². The first-order valence-electron chi connectivity index (χ1n) is 4.58. The number of esters is 1. The predicted molar refractivity (Wildman–Crippen MR) is 51.3 cm³/mol. The van der Waals surface area contributed by atoms with E-state index >= 15 is 0 Å². The van der Waals surface area contributed by atoms with Crippen LogP contribution in [-0.4, -0.2) is 33.1 Å². The quantitative estimate of drug-likeness (QED) is 0.432. The Labute approximate surface area is 97.0 Å². The Kier molecular flexibility index (Phi) is 5.40. The molecule has 0 aromatic carbocycles. The van der Waals surface area contributed by atoms with Crippen molar-refractivity contribution in [1.29, 1.82) is 0 Å². The minimum atomic E-state index is -5.80. The van der Waals surface area contributed by atoms with Crippen LogP contribution in [-0.2, 0) is 23.8 Å². The molecular weight excluding hydrogens is 265 g/mol. The average molecular weight is 278 g/mol. The Bertz CT molecular complexity index is 360. The van der Waals surface area contributed by atoms with Gasteiger partial charge in [-0.2, -0.15) is 21.6 Å². The summed E-state index contributed by atoms with van der Waals surface area (Å²) in [5.41, 5.74) is -5.56. The summed E-state index contributed by atoms with van der Waals surface area (Å²) in [6.45, 7) is 3.19. The molecule has 0 unspecified atom stereocenters. The number of halogens is 3. The Hall–Kier alpha value is -0.830. The van der Waals surface area contributed by atoms with Crippen molar-refractivity contribution in [2.24, 2.45) is 5.92 Å². The lowest BCUT2D eigenvalue weighted by atomic mass is 10.1. The molecule has 0 bridgehead atoms. The molecule has 0 amide bonds. The molecule has 0 aromatic rings. The molecule has 0 rings (SSSR count). The van der Waals surface area contributed by atoms with Crippen molar-refractivity contribution in [3.05, 3.63) is 0 Å². The van der Waals surface area contributed by atoms with E-state index in [1.165, 1.54) is 0 Å². The zero-order chi connectivity index (χ0) is 13.9. The number of methoxy groups -OCH3 is 1. The van der Waals surface area contributed by atoms with Gasteiger partial charge in [-0.05, 0) is 12.3 Å². The van der Waals surface area contributed by atoms with E-state index < -0.39 is 27.7 Å². The van der Waals surface area contributed by atoms with E-state index in [1.807, 2.05) is 0 Å². The number of hydrogen-bond acceptors (Lipinski definition) is 5. The largest absolute Gasteiger partial charge is 0.523 e. The third-order valence-electron chi connectivity index (χ3n) is 1.68. The van der Waals surface area contributed by atoms with Crippen molar-refractivity contribution in [2.45, 2.75) is 31.9 Å². The highest BCUT2D eigenvalue weighted by atomic mass is 32.2. The lowest BCUT2D eigenvalue weighted by molar-refractivity contribution is -0.150. The molecule has 17 heavy (non-hydrogen) atoms. The normalized spacial score (nSPS) is 14.8. The van der Waals surface area contributed by atoms with E-state index in [2.05, 4.69) is 8.92 Å². The van der Waals surface area contributed by atoms with Crippen LogP contribution in [0.3, 0.4) is 0 Å². The molecule has 102 valence electrons. The molecule has 0 aliphatic rings. The van der Waals surface area contributed by atoms with Crippen LogP contribution in [0.1, 0.15) is 20.3 Å². The third kappa shape index (κ3) is 4.90. The summed E-state index contributed by atoms with van der Waals surface area (Å²) in [7, 11) is -4.87. The Morgan fingerprint density at radius 2 is 1.76 bits per heavy atom. The fourth-order valence-corrected chi connectivity index (χ4v) is 1.51. The van der Waals surface area contributed by atoms with Crippen LogP contribution < -0.4 is 0 Å². The number of alkyl halides is 3. The second-order valence-corrected chi connectivity index (χ2v) is 5.20. The molecule has 0 saturated carbocycles. The topological polar surface area (TPSA) is 69.7 Å². The zero-order valence-electron chi connectivity index (χ0n) is 9.45. The van der Waals surface area contributed by atoms with Crippen molar-refractivity contribution in [2.75, 3.05) is 7.11 Å². The smallest absolute Gasteiger partial charge is 0.467 e. The Morgan fingerprint density at radius 1 is 1.29 bits per heavy atom. The number of ether oxygens (including phenoxy) is 1. The van der Waals surface area contributed by atoms with Gasteiger partial charge >= 0.3 is 21.6 Å². The fraction of sp³-hybridized carbons (Fsp3) is 0.875. The van der Waals surface area contributed by atoms with Crippen LogP contribution in [0.2, 0.25) is 0 Å². The highest BCUT2D eigenvalue weighted by Crippen LogP contribution is 2.27. The molecule has 0 spiro atoms. The minimum Gasteiger partial charge on any atom is -0.467 e. The van der Waals surface area contributed by atoms with E-state index in [0.717, 1.165) is 7.11 Å². The van der Waals surface area contributed by atoms with Crippen LogP contribution in [0.25, 0.3) is 0 Å². The van der Waals surface area contributed by atoms with E-state index in [9.17, 15) is 26.4 Å². The molecule has 0 aliphatic heterocycles. The van der Waals surface area contributed by atoms with Gasteiger partial charge in [0.2, 0.25) is 0 Å².